The highest BCUT2D eigenvalue weighted by Gasteiger charge is 2.17. The molecule has 2 aromatic rings. The van der Waals surface area contributed by atoms with E-state index in [1.54, 1.807) is 6.07 Å². The summed E-state index contributed by atoms with van der Waals surface area (Å²) in [5.41, 5.74) is 0.547. The number of carbonyl (C=O) groups is 1. The van der Waals surface area contributed by atoms with Gasteiger partial charge in [0.05, 0.1) is 12.1 Å². The molecule has 2 N–H and O–H groups in total. The molecule has 0 saturated carbocycles. The molecule has 2 heterocycles. The third kappa shape index (κ3) is 3.01. The minimum atomic E-state index is -0.454. The van der Waals surface area contributed by atoms with Crippen LogP contribution in [-0.2, 0) is 11.3 Å². The van der Waals surface area contributed by atoms with Crippen LogP contribution in [0.1, 0.15) is 18.5 Å². The van der Waals surface area contributed by atoms with Crippen LogP contribution >= 0.6 is 0 Å². The van der Waals surface area contributed by atoms with Crippen molar-refractivity contribution in [2.75, 3.05) is 19.6 Å². The first-order valence-corrected chi connectivity index (χ1v) is 7.44. The molecule has 6 heteroatoms. The van der Waals surface area contributed by atoms with Crippen LogP contribution in [0.25, 0.3) is 10.9 Å². The van der Waals surface area contributed by atoms with E-state index >= 15 is 0 Å². The number of H-pyrrole nitrogens is 1. The fraction of sp³-hybridized carbons (Fsp3) is 0.375. The number of fused-ring (bicyclic) bond motifs is 1. The molecule has 0 atom stereocenters. The molecule has 0 spiro atoms. The van der Waals surface area contributed by atoms with Gasteiger partial charge in [0.1, 0.15) is 5.82 Å². The summed E-state index contributed by atoms with van der Waals surface area (Å²) >= 11 is 0. The SMILES string of the molecule is O=C(CNCc1cc(=O)c2cccc(F)c2[nH]1)N1CCCC1. The number of benzene rings is 1. The first kappa shape index (κ1) is 14.7. The summed E-state index contributed by atoms with van der Waals surface area (Å²) in [4.78, 5) is 28.6. The quantitative estimate of drug-likeness (QED) is 0.897. The van der Waals surface area contributed by atoms with E-state index in [1.165, 1.54) is 18.2 Å². The molecule has 0 bridgehead atoms. The predicted octanol–water partition coefficient (Wildman–Crippen LogP) is 1.38. The van der Waals surface area contributed by atoms with Crippen molar-refractivity contribution < 1.29 is 9.18 Å². The Kier molecular flexibility index (Phi) is 4.20. The van der Waals surface area contributed by atoms with Gasteiger partial charge in [0, 0.05) is 36.8 Å². The lowest BCUT2D eigenvalue weighted by Gasteiger charge is -2.15. The molecule has 1 aromatic carbocycles. The Balaban J connectivity index is 1.68. The van der Waals surface area contributed by atoms with Gasteiger partial charge in [0.25, 0.3) is 0 Å². The average molecular weight is 303 g/mol. The van der Waals surface area contributed by atoms with Gasteiger partial charge < -0.3 is 15.2 Å². The van der Waals surface area contributed by atoms with Crippen LogP contribution in [0.4, 0.5) is 4.39 Å². The van der Waals surface area contributed by atoms with Gasteiger partial charge in [-0.3, -0.25) is 9.59 Å². The Hall–Kier alpha value is -2.21. The highest BCUT2D eigenvalue weighted by Crippen LogP contribution is 2.12. The summed E-state index contributed by atoms with van der Waals surface area (Å²) in [6.45, 7) is 2.17. The fourth-order valence-corrected chi connectivity index (χ4v) is 2.77. The molecule has 5 nitrogen and oxygen atoms in total. The van der Waals surface area contributed by atoms with Crippen molar-refractivity contribution in [1.82, 2.24) is 15.2 Å². The summed E-state index contributed by atoms with van der Waals surface area (Å²) in [5.74, 6) is -0.392. The lowest BCUT2D eigenvalue weighted by Crippen LogP contribution is -2.36. The largest absolute Gasteiger partial charge is 0.355 e. The number of hydrogen-bond acceptors (Lipinski definition) is 3. The van der Waals surface area contributed by atoms with Crippen LogP contribution in [0, 0.1) is 5.82 Å². The number of nitrogens with zero attached hydrogens (tertiary/aromatic N) is 1. The lowest BCUT2D eigenvalue weighted by atomic mass is 10.2. The third-order valence-electron chi connectivity index (χ3n) is 3.92. The van der Waals surface area contributed by atoms with Crippen LogP contribution in [0.15, 0.2) is 29.1 Å². The standard InChI is InChI=1S/C16H18FN3O2/c17-13-5-3-4-12-14(21)8-11(19-16(12)13)9-18-10-15(22)20-6-1-2-7-20/h3-5,8,18H,1-2,6-7,9-10H2,(H,19,21). The first-order valence-electron chi connectivity index (χ1n) is 7.44. The minimum absolute atomic E-state index is 0.0619. The number of rotatable bonds is 4. The summed E-state index contributed by atoms with van der Waals surface area (Å²) in [6.07, 6.45) is 2.12. The van der Waals surface area contributed by atoms with Gasteiger partial charge in [0.2, 0.25) is 5.91 Å². The molecule has 1 aliphatic rings. The monoisotopic (exact) mass is 303 g/mol. The van der Waals surface area contributed by atoms with Gasteiger partial charge in [-0.2, -0.15) is 0 Å². The van der Waals surface area contributed by atoms with Crippen molar-refractivity contribution in [3.05, 3.63) is 46.0 Å². The highest BCUT2D eigenvalue weighted by molar-refractivity contribution is 5.79. The van der Waals surface area contributed by atoms with E-state index in [4.69, 9.17) is 0 Å². The van der Waals surface area contributed by atoms with E-state index in [1.807, 2.05) is 4.90 Å². The van der Waals surface area contributed by atoms with Crippen LogP contribution in [0.5, 0.6) is 0 Å². The maximum atomic E-state index is 13.7. The van der Waals surface area contributed by atoms with Crippen molar-refractivity contribution in [2.45, 2.75) is 19.4 Å². The Bertz CT molecular complexity index is 751. The number of nitrogens with one attached hydrogen (secondary N) is 2. The van der Waals surface area contributed by atoms with Crippen LogP contribution in [0.2, 0.25) is 0 Å². The summed E-state index contributed by atoms with van der Waals surface area (Å²) in [5, 5.41) is 3.34. The van der Waals surface area contributed by atoms with E-state index in [0.29, 0.717) is 17.6 Å². The zero-order valence-corrected chi connectivity index (χ0v) is 12.2. The predicted molar refractivity (Wildman–Crippen MR) is 82.0 cm³/mol. The number of hydrogen-bond donors (Lipinski definition) is 2. The highest BCUT2D eigenvalue weighted by atomic mass is 19.1. The number of aromatic nitrogens is 1. The molecule has 116 valence electrons. The van der Waals surface area contributed by atoms with E-state index in [9.17, 15) is 14.0 Å². The number of carbonyl (C=O) groups excluding carboxylic acids is 1. The smallest absolute Gasteiger partial charge is 0.236 e. The lowest BCUT2D eigenvalue weighted by molar-refractivity contribution is -0.129. The molecule has 0 unspecified atom stereocenters. The fourth-order valence-electron chi connectivity index (χ4n) is 2.77. The number of halogens is 1. The average Bonchev–Trinajstić information content (AvgIpc) is 3.03. The van der Waals surface area contributed by atoms with Crippen LogP contribution in [0.3, 0.4) is 0 Å². The van der Waals surface area contributed by atoms with Crippen LogP contribution in [-0.4, -0.2) is 35.4 Å². The third-order valence-corrected chi connectivity index (χ3v) is 3.92. The second kappa shape index (κ2) is 6.27. The van der Waals surface area contributed by atoms with Crippen LogP contribution < -0.4 is 10.7 Å². The Morgan fingerprint density at radius 3 is 2.86 bits per heavy atom. The van der Waals surface area contributed by atoms with Crippen molar-refractivity contribution in [3.63, 3.8) is 0 Å². The topological polar surface area (TPSA) is 65.2 Å². The van der Waals surface area contributed by atoms with E-state index in [2.05, 4.69) is 10.3 Å². The summed E-state index contributed by atoms with van der Waals surface area (Å²) < 4.78 is 13.7. The molecule has 3 rings (SSSR count). The zero-order chi connectivity index (χ0) is 15.5. The maximum Gasteiger partial charge on any atom is 0.236 e. The summed E-state index contributed by atoms with van der Waals surface area (Å²) in [7, 11) is 0. The molecular weight excluding hydrogens is 285 g/mol. The molecular formula is C16H18FN3O2. The summed E-state index contributed by atoms with van der Waals surface area (Å²) in [6, 6.07) is 5.85. The van der Waals surface area contributed by atoms with Gasteiger partial charge >= 0.3 is 0 Å². The Morgan fingerprint density at radius 1 is 1.32 bits per heavy atom. The molecule has 1 amide bonds. The second-order valence-electron chi connectivity index (χ2n) is 5.51. The van der Waals surface area contributed by atoms with E-state index < -0.39 is 5.82 Å². The first-order chi connectivity index (χ1) is 10.6. The van der Waals surface area contributed by atoms with Crippen molar-refractivity contribution in [1.29, 1.82) is 0 Å². The van der Waals surface area contributed by atoms with Crippen molar-refractivity contribution in [3.8, 4) is 0 Å². The molecule has 1 aliphatic heterocycles. The van der Waals surface area contributed by atoms with Gasteiger partial charge in [-0.05, 0) is 25.0 Å². The van der Waals surface area contributed by atoms with E-state index in [-0.39, 0.29) is 23.4 Å². The van der Waals surface area contributed by atoms with E-state index in [0.717, 1.165) is 25.9 Å². The zero-order valence-electron chi connectivity index (χ0n) is 12.2. The Morgan fingerprint density at radius 2 is 2.09 bits per heavy atom. The number of pyridine rings is 1. The molecule has 1 fully saturated rings. The molecule has 1 aromatic heterocycles. The molecule has 0 radical (unpaired) electrons. The van der Waals surface area contributed by atoms with Gasteiger partial charge in [-0.15, -0.1) is 0 Å². The molecule has 1 saturated heterocycles. The van der Waals surface area contributed by atoms with Crippen molar-refractivity contribution in [2.24, 2.45) is 0 Å². The Labute approximate surface area is 127 Å². The van der Waals surface area contributed by atoms with Gasteiger partial charge in [0.15, 0.2) is 5.43 Å². The van der Waals surface area contributed by atoms with Gasteiger partial charge in [-0.25, -0.2) is 4.39 Å². The normalized spacial score (nSPS) is 14.7. The maximum absolute atomic E-state index is 13.7. The van der Waals surface area contributed by atoms with Gasteiger partial charge in [-0.1, -0.05) is 6.07 Å². The number of para-hydroxylation sites is 1. The number of amides is 1. The second-order valence-corrected chi connectivity index (χ2v) is 5.51. The number of likely N-dealkylation sites (tertiary alicyclic amines) is 1. The number of aromatic amines is 1. The van der Waals surface area contributed by atoms with Crippen molar-refractivity contribution >= 4 is 16.8 Å². The minimum Gasteiger partial charge on any atom is -0.355 e. The molecule has 0 aliphatic carbocycles. The molecule has 22 heavy (non-hydrogen) atoms.